The predicted molar refractivity (Wildman–Crippen MR) is 103 cm³/mol. The zero-order valence-electron chi connectivity index (χ0n) is 14.5. The van der Waals surface area contributed by atoms with Gasteiger partial charge in [0.15, 0.2) is 6.61 Å². The second kappa shape index (κ2) is 6.92. The Kier molecular flexibility index (Phi) is 4.29. The van der Waals surface area contributed by atoms with E-state index >= 15 is 0 Å². The highest BCUT2D eigenvalue weighted by atomic mass is 16.5. The van der Waals surface area contributed by atoms with Crippen LogP contribution in [0.3, 0.4) is 0 Å². The van der Waals surface area contributed by atoms with Gasteiger partial charge in [0.1, 0.15) is 11.3 Å². The number of imidazole rings is 1. The number of aromatic hydroxyl groups is 1. The number of nitrogens with one attached hydrogen (secondary N) is 3. The van der Waals surface area contributed by atoms with Gasteiger partial charge in [0.25, 0.3) is 5.91 Å². The van der Waals surface area contributed by atoms with Crippen molar-refractivity contribution in [3.05, 3.63) is 70.6 Å². The second-order valence-corrected chi connectivity index (χ2v) is 6.18. The number of esters is 1. The molecule has 8 heteroatoms. The number of rotatable bonds is 4. The number of fused-ring (bicyclic) bond motifs is 2. The number of aromatic nitrogens is 2. The highest BCUT2D eigenvalue weighted by molar-refractivity contribution is 6.00. The Morgan fingerprint density at radius 1 is 0.964 bits per heavy atom. The summed E-state index contributed by atoms with van der Waals surface area (Å²) in [4.78, 5) is 40.7. The minimum Gasteiger partial charge on any atom is -0.507 e. The molecule has 28 heavy (non-hydrogen) atoms. The summed E-state index contributed by atoms with van der Waals surface area (Å²) in [5.41, 5.74) is 1.24. The summed E-state index contributed by atoms with van der Waals surface area (Å²) in [5, 5.41) is 14.2. The molecule has 0 spiro atoms. The standard InChI is InChI=1S/C20H15N3O5/c24-17-8-12-4-2-1-3-11(12)7-14(17)19(26)28-10-18(25)21-13-5-6-15-16(9-13)23-20(27)22-15/h1-9,24H,10H2,(H,21,25)(H2,22,23,27). The van der Waals surface area contributed by atoms with E-state index in [0.717, 1.165) is 10.8 Å². The smallest absolute Gasteiger partial charge is 0.342 e. The van der Waals surface area contributed by atoms with Crippen LogP contribution < -0.4 is 11.0 Å². The third kappa shape index (κ3) is 3.43. The van der Waals surface area contributed by atoms with Crippen molar-refractivity contribution in [1.29, 1.82) is 0 Å². The van der Waals surface area contributed by atoms with E-state index in [4.69, 9.17) is 4.74 Å². The van der Waals surface area contributed by atoms with Crippen LogP contribution in [-0.4, -0.2) is 33.6 Å². The summed E-state index contributed by atoms with van der Waals surface area (Å²) >= 11 is 0. The molecule has 0 aliphatic carbocycles. The molecular weight excluding hydrogens is 362 g/mol. The highest BCUT2D eigenvalue weighted by Crippen LogP contribution is 2.25. The molecule has 1 heterocycles. The second-order valence-electron chi connectivity index (χ2n) is 6.18. The normalized spacial score (nSPS) is 10.9. The molecule has 140 valence electrons. The van der Waals surface area contributed by atoms with Crippen molar-refractivity contribution >= 4 is 39.4 Å². The van der Waals surface area contributed by atoms with Crippen molar-refractivity contribution in [3.8, 4) is 5.75 Å². The highest BCUT2D eigenvalue weighted by Gasteiger charge is 2.16. The fraction of sp³-hybridized carbons (Fsp3) is 0.0500. The van der Waals surface area contributed by atoms with Gasteiger partial charge in [-0.2, -0.15) is 0 Å². The van der Waals surface area contributed by atoms with Crippen LogP contribution in [-0.2, 0) is 9.53 Å². The van der Waals surface area contributed by atoms with E-state index in [1.165, 1.54) is 12.1 Å². The average Bonchev–Trinajstić information content (AvgIpc) is 3.05. The zero-order valence-corrected chi connectivity index (χ0v) is 14.5. The number of phenols is 1. The molecule has 3 aromatic carbocycles. The van der Waals surface area contributed by atoms with Gasteiger partial charge in [-0.15, -0.1) is 0 Å². The number of anilines is 1. The number of phenolic OH excluding ortho intramolecular Hbond substituents is 1. The quantitative estimate of drug-likeness (QED) is 0.407. The van der Waals surface area contributed by atoms with Gasteiger partial charge in [-0.25, -0.2) is 9.59 Å². The molecule has 0 saturated heterocycles. The molecule has 4 rings (SSSR count). The van der Waals surface area contributed by atoms with E-state index in [2.05, 4.69) is 15.3 Å². The van der Waals surface area contributed by atoms with Crippen LogP contribution in [0.15, 0.2) is 59.4 Å². The SMILES string of the molecule is O=C(COC(=O)c1cc2ccccc2cc1O)Nc1ccc2[nH]c(=O)[nH]c2c1. The first-order chi connectivity index (χ1) is 13.5. The van der Waals surface area contributed by atoms with Crippen molar-refractivity contribution < 1.29 is 19.4 Å². The topological polar surface area (TPSA) is 124 Å². The molecule has 0 saturated carbocycles. The Hall–Kier alpha value is -4.07. The average molecular weight is 377 g/mol. The lowest BCUT2D eigenvalue weighted by Crippen LogP contribution is -2.21. The van der Waals surface area contributed by atoms with Crippen molar-refractivity contribution in [2.45, 2.75) is 0 Å². The lowest BCUT2D eigenvalue weighted by molar-refractivity contribution is -0.119. The van der Waals surface area contributed by atoms with Gasteiger partial charge in [-0.05, 0) is 41.1 Å². The van der Waals surface area contributed by atoms with Gasteiger partial charge >= 0.3 is 11.7 Å². The fourth-order valence-electron chi connectivity index (χ4n) is 2.91. The minimum atomic E-state index is -0.802. The molecule has 0 fully saturated rings. The molecule has 0 aliphatic rings. The number of amides is 1. The van der Waals surface area contributed by atoms with Crippen LogP contribution in [0.5, 0.6) is 5.75 Å². The summed E-state index contributed by atoms with van der Waals surface area (Å²) in [5.74, 6) is -1.57. The number of H-pyrrole nitrogens is 2. The summed E-state index contributed by atoms with van der Waals surface area (Å²) in [6, 6.07) is 15.1. The molecule has 0 aliphatic heterocycles. The van der Waals surface area contributed by atoms with Gasteiger partial charge in [0.05, 0.1) is 11.0 Å². The van der Waals surface area contributed by atoms with Gasteiger partial charge in [0, 0.05) is 5.69 Å². The van der Waals surface area contributed by atoms with Gasteiger partial charge in [-0.3, -0.25) is 4.79 Å². The predicted octanol–water partition coefficient (Wildman–Crippen LogP) is 2.51. The summed E-state index contributed by atoms with van der Waals surface area (Å²) < 4.78 is 5.01. The number of hydrogen-bond acceptors (Lipinski definition) is 5. The first kappa shape index (κ1) is 17.3. The Balaban J connectivity index is 1.43. The molecule has 8 nitrogen and oxygen atoms in total. The fourth-order valence-corrected chi connectivity index (χ4v) is 2.91. The van der Waals surface area contributed by atoms with E-state index in [1.54, 1.807) is 24.3 Å². The monoisotopic (exact) mass is 377 g/mol. The Bertz CT molecular complexity index is 1270. The molecule has 0 radical (unpaired) electrons. The maximum Gasteiger partial charge on any atom is 0.342 e. The minimum absolute atomic E-state index is 0.0159. The lowest BCUT2D eigenvalue weighted by atomic mass is 10.1. The summed E-state index contributed by atoms with van der Waals surface area (Å²) in [7, 11) is 0. The molecule has 1 amide bonds. The van der Waals surface area contributed by atoms with E-state index in [0.29, 0.717) is 16.7 Å². The third-order valence-corrected chi connectivity index (χ3v) is 4.22. The molecule has 1 aromatic heterocycles. The number of ether oxygens (including phenoxy) is 1. The molecule has 0 atom stereocenters. The van der Waals surface area contributed by atoms with Crippen LogP contribution in [0.2, 0.25) is 0 Å². The Morgan fingerprint density at radius 3 is 2.46 bits per heavy atom. The number of aromatic amines is 2. The molecule has 0 bridgehead atoms. The van der Waals surface area contributed by atoms with Gasteiger partial charge in [-0.1, -0.05) is 24.3 Å². The van der Waals surface area contributed by atoms with Crippen molar-refractivity contribution in [3.63, 3.8) is 0 Å². The van der Waals surface area contributed by atoms with Crippen molar-refractivity contribution in [2.75, 3.05) is 11.9 Å². The number of carbonyl (C=O) groups is 2. The van der Waals surface area contributed by atoms with E-state index < -0.39 is 18.5 Å². The van der Waals surface area contributed by atoms with Crippen LogP contribution in [0.25, 0.3) is 21.8 Å². The third-order valence-electron chi connectivity index (χ3n) is 4.22. The largest absolute Gasteiger partial charge is 0.507 e. The van der Waals surface area contributed by atoms with Gasteiger partial charge in [0.2, 0.25) is 0 Å². The van der Waals surface area contributed by atoms with Crippen LogP contribution in [0.1, 0.15) is 10.4 Å². The van der Waals surface area contributed by atoms with E-state index in [9.17, 15) is 19.5 Å². The maximum atomic E-state index is 12.2. The number of carbonyl (C=O) groups excluding carboxylic acids is 2. The molecular formula is C20H15N3O5. The number of benzene rings is 3. The molecule has 0 unspecified atom stereocenters. The van der Waals surface area contributed by atoms with Crippen LogP contribution in [0, 0.1) is 0 Å². The Labute approximate surface area is 157 Å². The Morgan fingerprint density at radius 2 is 1.68 bits per heavy atom. The molecule has 4 N–H and O–H groups in total. The lowest BCUT2D eigenvalue weighted by Gasteiger charge is -2.09. The summed E-state index contributed by atoms with van der Waals surface area (Å²) in [6.07, 6.45) is 0. The number of hydrogen-bond donors (Lipinski definition) is 4. The van der Waals surface area contributed by atoms with E-state index in [-0.39, 0.29) is 17.0 Å². The van der Waals surface area contributed by atoms with Crippen LogP contribution >= 0.6 is 0 Å². The van der Waals surface area contributed by atoms with Crippen molar-refractivity contribution in [1.82, 2.24) is 9.97 Å². The van der Waals surface area contributed by atoms with E-state index in [1.807, 2.05) is 18.2 Å². The zero-order chi connectivity index (χ0) is 19.7. The van der Waals surface area contributed by atoms with Gasteiger partial charge < -0.3 is 25.1 Å². The van der Waals surface area contributed by atoms with Crippen molar-refractivity contribution in [2.24, 2.45) is 0 Å². The first-order valence-corrected chi connectivity index (χ1v) is 8.40. The first-order valence-electron chi connectivity index (χ1n) is 8.40. The molecule has 4 aromatic rings. The summed E-state index contributed by atoms with van der Waals surface area (Å²) in [6.45, 7) is -0.521. The van der Waals surface area contributed by atoms with Crippen LogP contribution in [0.4, 0.5) is 5.69 Å². The maximum absolute atomic E-state index is 12.2.